The number of aryl methyl sites for hydroxylation is 1. The molecular weight excluding hydrogens is 320 g/mol. The summed E-state index contributed by atoms with van der Waals surface area (Å²) in [5, 5.41) is 7.17. The molecule has 0 unspecified atom stereocenters. The Morgan fingerprint density at radius 3 is 2.88 bits per heavy atom. The minimum Gasteiger partial charge on any atom is -0.339 e. The van der Waals surface area contributed by atoms with Crippen LogP contribution in [0.2, 0.25) is 0 Å². The van der Waals surface area contributed by atoms with Crippen LogP contribution in [0.3, 0.4) is 0 Å². The van der Waals surface area contributed by atoms with Gasteiger partial charge < -0.3 is 10.3 Å². The molecule has 1 saturated carbocycles. The predicted molar refractivity (Wildman–Crippen MR) is 93.7 cm³/mol. The van der Waals surface area contributed by atoms with Gasteiger partial charge in [-0.3, -0.25) is 0 Å². The lowest BCUT2D eigenvalue weighted by Crippen LogP contribution is -2.34. The van der Waals surface area contributed by atoms with Crippen LogP contribution in [0.4, 0.5) is 0 Å². The van der Waals surface area contributed by atoms with Gasteiger partial charge in [0.15, 0.2) is 5.82 Å². The molecule has 5 nitrogen and oxygen atoms in total. The molecule has 0 atom stereocenters. The van der Waals surface area contributed by atoms with E-state index in [0.717, 1.165) is 41.9 Å². The van der Waals surface area contributed by atoms with E-state index in [0.29, 0.717) is 18.1 Å². The third-order valence-electron chi connectivity index (χ3n) is 4.56. The van der Waals surface area contributed by atoms with Gasteiger partial charge in [0.25, 0.3) is 0 Å². The van der Waals surface area contributed by atoms with Crippen molar-refractivity contribution in [3.8, 4) is 10.6 Å². The Morgan fingerprint density at radius 1 is 1.25 bits per heavy atom. The Balaban J connectivity index is 1.51. The molecule has 0 amide bonds. The number of hydrogen-bond acceptors (Lipinski definition) is 6. The van der Waals surface area contributed by atoms with Gasteiger partial charge in [0, 0.05) is 10.9 Å². The van der Waals surface area contributed by atoms with Crippen LogP contribution in [0.5, 0.6) is 0 Å². The highest BCUT2D eigenvalue weighted by molar-refractivity contribution is 7.13. The van der Waals surface area contributed by atoms with Crippen molar-refractivity contribution in [1.29, 1.82) is 0 Å². The summed E-state index contributed by atoms with van der Waals surface area (Å²) in [5.74, 6) is 1.23. The zero-order valence-electron chi connectivity index (χ0n) is 13.7. The molecule has 1 aliphatic rings. The maximum atomic E-state index is 6.38. The van der Waals surface area contributed by atoms with E-state index < -0.39 is 5.54 Å². The molecule has 4 rings (SSSR count). The predicted octanol–water partition coefficient (Wildman–Crippen LogP) is 3.82. The summed E-state index contributed by atoms with van der Waals surface area (Å²) in [7, 11) is 0. The van der Waals surface area contributed by atoms with Crippen molar-refractivity contribution in [3.05, 3.63) is 52.6 Å². The van der Waals surface area contributed by atoms with Crippen molar-refractivity contribution < 1.29 is 4.52 Å². The Morgan fingerprint density at radius 2 is 2.08 bits per heavy atom. The highest BCUT2D eigenvalue weighted by Gasteiger charge is 2.35. The molecule has 24 heavy (non-hydrogen) atoms. The topological polar surface area (TPSA) is 77.8 Å². The average Bonchev–Trinajstić information content (AvgIpc) is 3.29. The first kappa shape index (κ1) is 15.5. The lowest BCUT2D eigenvalue weighted by atomic mass is 9.99. The van der Waals surface area contributed by atoms with Crippen molar-refractivity contribution in [2.45, 2.75) is 44.6 Å². The van der Waals surface area contributed by atoms with Crippen LogP contribution in [-0.4, -0.2) is 15.1 Å². The van der Waals surface area contributed by atoms with Crippen LogP contribution >= 0.6 is 11.3 Å². The Bertz CT molecular complexity index is 848. The normalized spacial score (nSPS) is 16.6. The van der Waals surface area contributed by atoms with Crippen LogP contribution in [0.15, 0.2) is 34.2 Å². The quantitative estimate of drug-likeness (QED) is 0.781. The smallest absolute Gasteiger partial charge is 0.232 e. The fourth-order valence-electron chi connectivity index (χ4n) is 3.21. The van der Waals surface area contributed by atoms with Crippen molar-refractivity contribution in [2.24, 2.45) is 5.73 Å². The number of hydrogen-bond donors (Lipinski definition) is 1. The second-order valence-electron chi connectivity index (χ2n) is 6.57. The van der Waals surface area contributed by atoms with E-state index in [-0.39, 0.29) is 0 Å². The van der Waals surface area contributed by atoms with Crippen molar-refractivity contribution >= 4 is 11.3 Å². The molecule has 1 aromatic carbocycles. The molecule has 1 aliphatic carbocycles. The molecular formula is C18H20N4OS. The van der Waals surface area contributed by atoms with E-state index in [9.17, 15) is 0 Å². The van der Waals surface area contributed by atoms with E-state index >= 15 is 0 Å². The third-order valence-corrected chi connectivity index (χ3v) is 5.50. The van der Waals surface area contributed by atoms with Gasteiger partial charge in [-0.25, -0.2) is 4.98 Å². The zero-order chi connectivity index (χ0) is 16.6. The first-order valence-electron chi connectivity index (χ1n) is 8.26. The van der Waals surface area contributed by atoms with E-state index in [2.05, 4.69) is 46.7 Å². The fraction of sp³-hybridized carbons (Fsp3) is 0.389. The fourth-order valence-corrected chi connectivity index (χ4v) is 4.03. The molecule has 0 radical (unpaired) electrons. The third kappa shape index (κ3) is 2.99. The van der Waals surface area contributed by atoms with Gasteiger partial charge in [0.05, 0.1) is 17.7 Å². The summed E-state index contributed by atoms with van der Waals surface area (Å²) in [5.41, 5.74) is 9.30. The Labute approximate surface area is 144 Å². The Kier molecular flexibility index (Phi) is 3.94. The van der Waals surface area contributed by atoms with Crippen molar-refractivity contribution in [3.63, 3.8) is 0 Å². The molecule has 0 spiro atoms. The summed E-state index contributed by atoms with van der Waals surface area (Å²) in [6.45, 7) is 2.09. The van der Waals surface area contributed by atoms with Gasteiger partial charge in [-0.15, -0.1) is 11.3 Å². The number of thiazole rings is 1. The monoisotopic (exact) mass is 340 g/mol. The minimum absolute atomic E-state index is 0.406. The van der Waals surface area contributed by atoms with Gasteiger partial charge in [0.2, 0.25) is 5.89 Å². The van der Waals surface area contributed by atoms with Crippen LogP contribution in [0.1, 0.15) is 48.7 Å². The number of aromatic nitrogens is 3. The van der Waals surface area contributed by atoms with E-state index in [4.69, 9.17) is 15.2 Å². The first-order valence-corrected chi connectivity index (χ1v) is 9.14. The van der Waals surface area contributed by atoms with E-state index in [1.807, 2.05) is 0 Å². The molecule has 6 heteroatoms. The van der Waals surface area contributed by atoms with Crippen LogP contribution in [-0.2, 0) is 12.0 Å². The van der Waals surface area contributed by atoms with Crippen LogP contribution < -0.4 is 5.73 Å². The standard InChI is InChI=1S/C18H20N4OS/c1-12-5-4-6-13(9-12)16-20-14(11-24-16)10-15-21-17(22-23-15)18(19)7-2-3-8-18/h4-6,9,11H,2-3,7-8,10,19H2,1H3. The SMILES string of the molecule is Cc1cccc(-c2nc(Cc3nc(C4(N)CCCC4)no3)cs2)c1. The zero-order valence-corrected chi connectivity index (χ0v) is 14.5. The number of nitrogens with zero attached hydrogens (tertiary/aromatic N) is 3. The second kappa shape index (κ2) is 6.11. The number of nitrogens with two attached hydrogens (primary N) is 1. The molecule has 0 bridgehead atoms. The largest absolute Gasteiger partial charge is 0.339 e. The minimum atomic E-state index is -0.406. The van der Waals surface area contributed by atoms with Gasteiger partial charge in [0.1, 0.15) is 5.01 Å². The molecule has 2 N–H and O–H groups in total. The maximum Gasteiger partial charge on any atom is 0.232 e. The second-order valence-corrected chi connectivity index (χ2v) is 7.42. The van der Waals surface area contributed by atoms with Gasteiger partial charge in [-0.2, -0.15) is 4.98 Å². The number of rotatable bonds is 4. The molecule has 2 heterocycles. The van der Waals surface area contributed by atoms with E-state index in [1.54, 1.807) is 11.3 Å². The lowest BCUT2D eigenvalue weighted by Gasteiger charge is -2.17. The van der Waals surface area contributed by atoms with Gasteiger partial charge in [-0.05, 0) is 25.8 Å². The first-order chi connectivity index (χ1) is 11.6. The molecule has 1 fully saturated rings. The average molecular weight is 340 g/mol. The molecule has 0 aliphatic heterocycles. The molecule has 124 valence electrons. The van der Waals surface area contributed by atoms with Gasteiger partial charge >= 0.3 is 0 Å². The van der Waals surface area contributed by atoms with Crippen LogP contribution in [0, 0.1) is 6.92 Å². The summed E-state index contributed by atoms with van der Waals surface area (Å²) in [4.78, 5) is 9.22. The van der Waals surface area contributed by atoms with Crippen LogP contribution in [0.25, 0.3) is 10.6 Å². The summed E-state index contributed by atoms with van der Waals surface area (Å²) < 4.78 is 5.40. The highest BCUT2D eigenvalue weighted by Crippen LogP contribution is 2.34. The maximum absolute atomic E-state index is 6.38. The van der Waals surface area contributed by atoms with Gasteiger partial charge in [-0.1, -0.05) is 41.8 Å². The highest BCUT2D eigenvalue weighted by atomic mass is 32.1. The molecule has 0 saturated heterocycles. The molecule has 2 aromatic heterocycles. The number of benzene rings is 1. The lowest BCUT2D eigenvalue weighted by molar-refractivity contribution is 0.352. The van der Waals surface area contributed by atoms with Crippen molar-refractivity contribution in [1.82, 2.24) is 15.1 Å². The summed E-state index contributed by atoms with van der Waals surface area (Å²) >= 11 is 1.64. The molecule has 3 aromatic rings. The van der Waals surface area contributed by atoms with Crippen molar-refractivity contribution in [2.75, 3.05) is 0 Å². The summed E-state index contributed by atoms with van der Waals surface area (Å²) in [6.07, 6.45) is 4.67. The Hall–Kier alpha value is -2.05. The van der Waals surface area contributed by atoms with E-state index in [1.165, 1.54) is 5.56 Å². The summed E-state index contributed by atoms with van der Waals surface area (Å²) in [6, 6.07) is 8.37.